The van der Waals surface area contributed by atoms with Crippen LogP contribution < -0.4 is 11.1 Å². The number of nitrogens with zero attached hydrogens (tertiary/aromatic N) is 1. The molecule has 4 N–H and O–H groups in total. The third-order valence-corrected chi connectivity index (χ3v) is 3.92. The Kier molecular flexibility index (Phi) is 8.82. The molecule has 0 aliphatic carbocycles. The van der Waals surface area contributed by atoms with Crippen LogP contribution in [-0.4, -0.2) is 17.8 Å². The first-order valence-corrected chi connectivity index (χ1v) is 9.11. The molecule has 0 heterocycles. The molecule has 148 valence electrons. The van der Waals surface area contributed by atoms with E-state index >= 15 is 0 Å². The molecule has 0 spiro atoms. The quantitative estimate of drug-likeness (QED) is 0.369. The zero-order chi connectivity index (χ0) is 21.3. The SMILES string of the molecule is C/C=C(\C)NC(=O)/C(N)=C/C(C=N)=C(/C)N=C(C=C(C)C)c1cccc(C)c1. The van der Waals surface area contributed by atoms with Crippen LogP contribution in [0.3, 0.4) is 0 Å². The zero-order valence-corrected chi connectivity index (χ0v) is 17.6. The summed E-state index contributed by atoms with van der Waals surface area (Å²) in [5.41, 5.74) is 11.7. The molecule has 0 unspecified atom stereocenters. The maximum absolute atomic E-state index is 12.1. The minimum Gasteiger partial charge on any atom is -0.394 e. The number of hydrogen-bond donors (Lipinski definition) is 3. The van der Waals surface area contributed by atoms with Gasteiger partial charge in [0.15, 0.2) is 0 Å². The first-order chi connectivity index (χ1) is 13.2. The Morgan fingerprint density at radius 1 is 1.18 bits per heavy atom. The fourth-order valence-corrected chi connectivity index (χ4v) is 2.31. The number of allylic oxidation sites excluding steroid dienone is 7. The lowest BCUT2D eigenvalue weighted by Gasteiger charge is -2.08. The van der Waals surface area contributed by atoms with E-state index in [2.05, 4.69) is 11.4 Å². The number of nitrogens with one attached hydrogen (secondary N) is 2. The van der Waals surface area contributed by atoms with E-state index < -0.39 is 5.91 Å². The summed E-state index contributed by atoms with van der Waals surface area (Å²) in [5, 5.41) is 10.4. The number of nitrogens with two attached hydrogens (primary N) is 1. The second kappa shape index (κ2) is 10.8. The number of rotatable bonds is 7. The van der Waals surface area contributed by atoms with Gasteiger partial charge in [0, 0.05) is 28.7 Å². The predicted molar refractivity (Wildman–Crippen MR) is 118 cm³/mol. The Balaban J connectivity index is 3.39. The monoisotopic (exact) mass is 378 g/mol. The number of hydrogen-bond acceptors (Lipinski definition) is 4. The number of carbonyl (C=O) groups excluding carboxylic acids is 1. The van der Waals surface area contributed by atoms with E-state index in [4.69, 9.17) is 16.1 Å². The van der Waals surface area contributed by atoms with Gasteiger partial charge in [0.05, 0.1) is 11.4 Å². The van der Waals surface area contributed by atoms with Crippen LogP contribution in [0.4, 0.5) is 0 Å². The van der Waals surface area contributed by atoms with E-state index in [1.54, 1.807) is 19.9 Å². The lowest BCUT2D eigenvalue weighted by atomic mass is 10.0. The summed E-state index contributed by atoms with van der Waals surface area (Å²) in [6.45, 7) is 11.5. The molecule has 0 aliphatic heterocycles. The molecule has 0 saturated heterocycles. The summed E-state index contributed by atoms with van der Waals surface area (Å²) in [6.07, 6.45) is 6.40. The first kappa shape index (κ1) is 22.8. The second-order valence-electron chi connectivity index (χ2n) is 6.80. The molecular formula is C23H30N4O. The number of carbonyl (C=O) groups is 1. The molecule has 0 atom stereocenters. The smallest absolute Gasteiger partial charge is 0.271 e. The van der Waals surface area contributed by atoms with Crippen LogP contribution in [0.2, 0.25) is 0 Å². The molecule has 0 fully saturated rings. The number of amides is 1. The molecule has 1 aromatic rings. The van der Waals surface area contributed by atoms with Crippen LogP contribution in [0.25, 0.3) is 0 Å². The van der Waals surface area contributed by atoms with E-state index in [1.807, 2.05) is 52.0 Å². The van der Waals surface area contributed by atoms with Crippen molar-refractivity contribution in [1.29, 1.82) is 5.41 Å². The fourth-order valence-electron chi connectivity index (χ4n) is 2.31. The van der Waals surface area contributed by atoms with Crippen LogP contribution in [0.1, 0.15) is 45.7 Å². The molecular weight excluding hydrogens is 348 g/mol. The van der Waals surface area contributed by atoms with Crippen molar-refractivity contribution in [3.8, 4) is 0 Å². The standard InChI is InChI=1S/C23H30N4O/c1-7-17(5)26-23(28)21(25)13-20(14-24)18(6)27-22(11-15(2)3)19-10-8-9-16(4)12-19/h7-14,24H,25H2,1-6H3,(H,26,28)/b17-7+,20-18+,21-13-,24-14?,27-22?. The summed E-state index contributed by atoms with van der Waals surface area (Å²) in [5.74, 6) is -0.407. The lowest BCUT2D eigenvalue weighted by Crippen LogP contribution is -2.27. The van der Waals surface area contributed by atoms with Crippen molar-refractivity contribution >= 4 is 17.8 Å². The van der Waals surface area contributed by atoms with Crippen molar-refractivity contribution in [2.75, 3.05) is 0 Å². The molecule has 28 heavy (non-hydrogen) atoms. The van der Waals surface area contributed by atoms with E-state index in [1.165, 1.54) is 6.08 Å². The Morgan fingerprint density at radius 3 is 2.39 bits per heavy atom. The summed E-state index contributed by atoms with van der Waals surface area (Å²) in [6, 6.07) is 8.08. The van der Waals surface area contributed by atoms with E-state index in [0.717, 1.165) is 28.6 Å². The average molecular weight is 379 g/mol. The largest absolute Gasteiger partial charge is 0.394 e. The number of benzene rings is 1. The fraction of sp³-hybridized carbons (Fsp3) is 0.261. The summed E-state index contributed by atoms with van der Waals surface area (Å²) in [7, 11) is 0. The highest BCUT2D eigenvalue weighted by atomic mass is 16.2. The maximum Gasteiger partial charge on any atom is 0.271 e. The normalized spacial score (nSPS) is 13.6. The second-order valence-corrected chi connectivity index (χ2v) is 6.80. The molecule has 5 nitrogen and oxygen atoms in total. The van der Waals surface area contributed by atoms with Gasteiger partial charge in [-0.25, -0.2) is 0 Å². The minimum atomic E-state index is -0.407. The summed E-state index contributed by atoms with van der Waals surface area (Å²) >= 11 is 0. The van der Waals surface area contributed by atoms with Gasteiger partial charge in [-0.1, -0.05) is 35.4 Å². The molecule has 0 radical (unpaired) electrons. The van der Waals surface area contributed by atoms with Gasteiger partial charge in [-0.2, -0.15) is 0 Å². The highest BCUT2D eigenvalue weighted by Gasteiger charge is 2.08. The Hall–Kier alpha value is -3.21. The van der Waals surface area contributed by atoms with Crippen LogP contribution in [0, 0.1) is 12.3 Å². The topological polar surface area (TPSA) is 91.3 Å². The lowest BCUT2D eigenvalue weighted by molar-refractivity contribution is -0.116. The van der Waals surface area contributed by atoms with Crippen molar-refractivity contribution in [1.82, 2.24) is 5.32 Å². The number of aryl methyl sites for hydroxylation is 1. The van der Waals surface area contributed by atoms with E-state index in [0.29, 0.717) is 17.0 Å². The Bertz CT molecular complexity index is 895. The third kappa shape index (κ3) is 7.19. The van der Waals surface area contributed by atoms with Gasteiger partial charge in [-0.05, 0) is 59.8 Å². The van der Waals surface area contributed by atoms with Crippen molar-refractivity contribution in [3.05, 3.63) is 81.9 Å². The molecule has 5 heteroatoms. The molecule has 0 aliphatic rings. The highest BCUT2D eigenvalue weighted by Crippen LogP contribution is 2.13. The maximum atomic E-state index is 12.1. The van der Waals surface area contributed by atoms with Gasteiger partial charge in [0.2, 0.25) is 0 Å². The van der Waals surface area contributed by atoms with Crippen molar-refractivity contribution in [3.63, 3.8) is 0 Å². The van der Waals surface area contributed by atoms with Gasteiger partial charge < -0.3 is 16.5 Å². The van der Waals surface area contributed by atoms with E-state index in [9.17, 15) is 4.79 Å². The summed E-state index contributed by atoms with van der Waals surface area (Å²) < 4.78 is 0. The minimum absolute atomic E-state index is 0.0218. The van der Waals surface area contributed by atoms with Crippen molar-refractivity contribution in [2.45, 2.75) is 41.5 Å². The van der Waals surface area contributed by atoms with Crippen LogP contribution >= 0.6 is 0 Å². The van der Waals surface area contributed by atoms with Crippen molar-refractivity contribution < 1.29 is 4.79 Å². The molecule has 0 bridgehead atoms. The highest BCUT2D eigenvalue weighted by molar-refractivity contribution is 6.09. The Labute approximate surface area is 168 Å². The van der Waals surface area contributed by atoms with Gasteiger partial charge >= 0.3 is 0 Å². The molecule has 1 aromatic carbocycles. The van der Waals surface area contributed by atoms with Gasteiger partial charge in [0.25, 0.3) is 5.91 Å². The molecule has 1 amide bonds. The summed E-state index contributed by atoms with van der Waals surface area (Å²) in [4.78, 5) is 16.8. The third-order valence-electron chi connectivity index (χ3n) is 3.92. The zero-order valence-electron chi connectivity index (χ0n) is 17.6. The molecule has 0 aromatic heterocycles. The average Bonchev–Trinajstić information content (AvgIpc) is 2.64. The van der Waals surface area contributed by atoms with Crippen LogP contribution in [0.15, 0.2) is 75.7 Å². The molecule has 0 saturated carbocycles. The number of aliphatic imine (C=N–C) groups is 1. The first-order valence-electron chi connectivity index (χ1n) is 9.11. The Morgan fingerprint density at radius 2 is 1.86 bits per heavy atom. The molecule has 1 rings (SSSR count). The van der Waals surface area contributed by atoms with E-state index in [-0.39, 0.29) is 5.70 Å². The van der Waals surface area contributed by atoms with Crippen molar-refractivity contribution in [2.24, 2.45) is 10.7 Å². The predicted octanol–water partition coefficient (Wildman–Crippen LogP) is 4.56. The van der Waals surface area contributed by atoms with Gasteiger partial charge in [-0.3, -0.25) is 9.79 Å². The van der Waals surface area contributed by atoms with Gasteiger partial charge in [0.1, 0.15) is 0 Å². The van der Waals surface area contributed by atoms with Gasteiger partial charge in [-0.15, -0.1) is 0 Å². The van der Waals surface area contributed by atoms with Crippen LogP contribution in [-0.2, 0) is 4.79 Å². The van der Waals surface area contributed by atoms with Crippen LogP contribution in [0.5, 0.6) is 0 Å².